The van der Waals surface area contributed by atoms with Crippen LogP contribution in [0.2, 0.25) is 0 Å². The second-order valence-corrected chi connectivity index (χ2v) is 6.11. The maximum atomic E-state index is 3.40. The van der Waals surface area contributed by atoms with Gasteiger partial charge in [0.1, 0.15) is 0 Å². The van der Waals surface area contributed by atoms with Crippen molar-refractivity contribution in [2.24, 2.45) is 11.8 Å². The molecular formula is C18H29N. The molecule has 1 nitrogen and oxygen atoms in total. The summed E-state index contributed by atoms with van der Waals surface area (Å²) in [5.41, 5.74) is 3.07. The topological polar surface area (TPSA) is 12.0 Å². The summed E-state index contributed by atoms with van der Waals surface area (Å²) in [6.07, 6.45) is 6.69. The third-order valence-electron chi connectivity index (χ3n) is 4.93. The fourth-order valence-electron chi connectivity index (χ4n) is 3.65. The van der Waals surface area contributed by atoms with Crippen LogP contribution in [0.1, 0.15) is 56.6 Å². The predicted molar refractivity (Wildman–Crippen MR) is 83.6 cm³/mol. The summed E-state index contributed by atoms with van der Waals surface area (Å²) >= 11 is 0. The zero-order chi connectivity index (χ0) is 13.7. The quantitative estimate of drug-likeness (QED) is 0.827. The Hall–Kier alpha value is -0.820. The first-order valence-corrected chi connectivity index (χ1v) is 8.01. The van der Waals surface area contributed by atoms with E-state index in [1.165, 1.54) is 31.2 Å². The Labute approximate surface area is 118 Å². The number of nitrogens with one attached hydrogen (secondary N) is 1. The first kappa shape index (κ1) is 14.6. The molecule has 0 amide bonds. The molecule has 0 spiro atoms. The molecule has 0 saturated heterocycles. The molecule has 1 saturated carbocycles. The SMILES string of the molecule is CCc1cccc(C2CC(CC)CCC2CNC)c1. The van der Waals surface area contributed by atoms with Crippen molar-refractivity contribution in [1.82, 2.24) is 5.32 Å². The number of hydrogen-bond donors (Lipinski definition) is 1. The van der Waals surface area contributed by atoms with Gasteiger partial charge >= 0.3 is 0 Å². The fourth-order valence-corrected chi connectivity index (χ4v) is 3.65. The molecule has 1 aromatic rings. The van der Waals surface area contributed by atoms with E-state index in [9.17, 15) is 0 Å². The first-order valence-electron chi connectivity index (χ1n) is 8.01. The highest BCUT2D eigenvalue weighted by atomic mass is 14.8. The van der Waals surface area contributed by atoms with Crippen LogP contribution in [0.4, 0.5) is 0 Å². The van der Waals surface area contributed by atoms with Gasteiger partial charge in [-0.1, -0.05) is 51.0 Å². The molecule has 19 heavy (non-hydrogen) atoms. The minimum atomic E-state index is 0.762. The molecule has 1 aliphatic carbocycles. The molecule has 1 fully saturated rings. The molecule has 1 N–H and O–H groups in total. The summed E-state index contributed by atoms with van der Waals surface area (Å²) in [5.74, 6) is 2.51. The highest BCUT2D eigenvalue weighted by Crippen LogP contribution is 2.41. The van der Waals surface area contributed by atoms with E-state index in [2.05, 4.69) is 50.5 Å². The van der Waals surface area contributed by atoms with E-state index in [1.807, 2.05) is 0 Å². The Morgan fingerprint density at radius 2 is 2.05 bits per heavy atom. The second-order valence-electron chi connectivity index (χ2n) is 6.11. The summed E-state index contributed by atoms with van der Waals surface area (Å²) < 4.78 is 0. The lowest BCUT2D eigenvalue weighted by Gasteiger charge is -2.36. The highest BCUT2D eigenvalue weighted by Gasteiger charge is 2.30. The average molecular weight is 259 g/mol. The van der Waals surface area contributed by atoms with Crippen LogP contribution in [0.15, 0.2) is 24.3 Å². The molecule has 1 aromatic carbocycles. The molecule has 0 radical (unpaired) electrons. The van der Waals surface area contributed by atoms with Gasteiger partial charge in [-0.15, -0.1) is 0 Å². The highest BCUT2D eigenvalue weighted by molar-refractivity contribution is 5.27. The van der Waals surface area contributed by atoms with Gasteiger partial charge in [-0.3, -0.25) is 0 Å². The molecule has 0 aliphatic heterocycles. The van der Waals surface area contributed by atoms with Crippen molar-refractivity contribution in [3.8, 4) is 0 Å². The van der Waals surface area contributed by atoms with E-state index in [0.717, 1.165) is 30.7 Å². The molecule has 0 bridgehead atoms. The third kappa shape index (κ3) is 3.60. The monoisotopic (exact) mass is 259 g/mol. The van der Waals surface area contributed by atoms with Crippen molar-refractivity contribution >= 4 is 0 Å². The molecule has 1 heteroatoms. The Morgan fingerprint density at radius 1 is 1.21 bits per heavy atom. The lowest BCUT2D eigenvalue weighted by Crippen LogP contribution is -2.30. The number of hydrogen-bond acceptors (Lipinski definition) is 1. The van der Waals surface area contributed by atoms with Crippen molar-refractivity contribution in [3.05, 3.63) is 35.4 Å². The van der Waals surface area contributed by atoms with E-state index in [1.54, 1.807) is 5.56 Å². The van der Waals surface area contributed by atoms with Crippen LogP contribution in [0, 0.1) is 11.8 Å². The molecule has 0 aromatic heterocycles. The number of rotatable bonds is 5. The van der Waals surface area contributed by atoms with E-state index in [-0.39, 0.29) is 0 Å². The smallest absolute Gasteiger partial charge is 0.00177 e. The molecule has 1 aliphatic rings. The van der Waals surface area contributed by atoms with Crippen molar-refractivity contribution in [2.45, 2.75) is 51.9 Å². The lowest BCUT2D eigenvalue weighted by molar-refractivity contribution is 0.228. The van der Waals surface area contributed by atoms with Crippen molar-refractivity contribution in [1.29, 1.82) is 0 Å². The van der Waals surface area contributed by atoms with Gasteiger partial charge in [0.15, 0.2) is 0 Å². The Bertz CT molecular complexity index is 385. The van der Waals surface area contributed by atoms with Crippen molar-refractivity contribution in [3.63, 3.8) is 0 Å². The van der Waals surface area contributed by atoms with Crippen LogP contribution >= 0.6 is 0 Å². The average Bonchev–Trinajstić information content (AvgIpc) is 2.48. The normalized spacial score (nSPS) is 27.4. The van der Waals surface area contributed by atoms with Gasteiger partial charge in [0.25, 0.3) is 0 Å². The van der Waals surface area contributed by atoms with Crippen LogP contribution in [0.5, 0.6) is 0 Å². The van der Waals surface area contributed by atoms with Gasteiger partial charge in [0, 0.05) is 0 Å². The van der Waals surface area contributed by atoms with Crippen molar-refractivity contribution < 1.29 is 0 Å². The molecule has 3 atom stereocenters. The summed E-state index contributed by atoms with van der Waals surface area (Å²) in [5, 5.41) is 3.40. The summed E-state index contributed by atoms with van der Waals surface area (Å²) in [7, 11) is 2.09. The van der Waals surface area contributed by atoms with E-state index >= 15 is 0 Å². The van der Waals surface area contributed by atoms with Crippen LogP contribution in [0.25, 0.3) is 0 Å². The fraction of sp³-hybridized carbons (Fsp3) is 0.667. The maximum absolute atomic E-state index is 3.40. The van der Waals surface area contributed by atoms with E-state index in [0.29, 0.717) is 0 Å². The van der Waals surface area contributed by atoms with Crippen LogP contribution in [-0.2, 0) is 6.42 Å². The Kier molecular flexibility index (Phi) is 5.45. The van der Waals surface area contributed by atoms with Gasteiger partial charge in [-0.05, 0) is 61.7 Å². The molecule has 106 valence electrons. The Morgan fingerprint density at radius 3 is 2.74 bits per heavy atom. The molecular weight excluding hydrogens is 230 g/mol. The van der Waals surface area contributed by atoms with Crippen molar-refractivity contribution in [2.75, 3.05) is 13.6 Å². The summed E-state index contributed by atoms with van der Waals surface area (Å²) in [6.45, 7) is 5.76. The van der Waals surface area contributed by atoms with Gasteiger partial charge in [0.2, 0.25) is 0 Å². The summed E-state index contributed by atoms with van der Waals surface area (Å²) in [4.78, 5) is 0. The zero-order valence-electron chi connectivity index (χ0n) is 12.8. The zero-order valence-corrected chi connectivity index (χ0v) is 12.8. The second kappa shape index (κ2) is 7.09. The predicted octanol–water partition coefficient (Wildman–Crippen LogP) is 4.38. The van der Waals surface area contributed by atoms with Crippen LogP contribution in [0.3, 0.4) is 0 Å². The van der Waals surface area contributed by atoms with Gasteiger partial charge in [-0.25, -0.2) is 0 Å². The first-order chi connectivity index (χ1) is 9.28. The molecule has 0 heterocycles. The van der Waals surface area contributed by atoms with Crippen LogP contribution in [-0.4, -0.2) is 13.6 Å². The third-order valence-corrected chi connectivity index (χ3v) is 4.93. The maximum Gasteiger partial charge on any atom is -0.00177 e. The molecule has 3 unspecified atom stereocenters. The molecule has 2 rings (SSSR count). The standard InChI is InChI=1S/C18H29N/c1-4-14-7-6-8-16(11-14)18-12-15(5-2)9-10-17(18)13-19-3/h6-8,11,15,17-19H,4-5,9-10,12-13H2,1-3H3. The van der Waals surface area contributed by atoms with E-state index in [4.69, 9.17) is 0 Å². The minimum Gasteiger partial charge on any atom is -0.319 e. The van der Waals surface area contributed by atoms with Gasteiger partial charge in [-0.2, -0.15) is 0 Å². The minimum absolute atomic E-state index is 0.762. The van der Waals surface area contributed by atoms with Gasteiger partial charge < -0.3 is 5.32 Å². The number of aryl methyl sites for hydroxylation is 1. The van der Waals surface area contributed by atoms with E-state index < -0.39 is 0 Å². The largest absolute Gasteiger partial charge is 0.319 e. The summed E-state index contributed by atoms with van der Waals surface area (Å²) in [6, 6.07) is 9.31. The van der Waals surface area contributed by atoms with Gasteiger partial charge in [0.05, 0.1) is 0 Å². The lowest BCUT2D eigenvalue weighted by atomic mass is 9.70. The van der Waals surface area contributed by atoms with Crippen LogP contribution < -0.4 is 5.32 Å². The number of benzene rings is 1. The Balaban J connectivity index is 2.19.